The number of rotatable bonds is 2. The van der Waals surface area contributed by atoms with Crippen LogP contribution in [0.5, 0.6) is 0 Å². The number of aromatic nitrogens is 1. The molecule has 0 atom stereocenters. The highest BCUT2D eigenvalue weighted by Crippen LogP contribution is 2.27. The molecule has 14 heavy (non-hydrogen) atoms. The molecule has 0 saturated carbocycles. The molecule has 0 saturated heterocycles. The Morgan fingerprint density at radius 1 is 1.57 bits per heavy atom. The van der Waals surface area contributed by atoms with Gasteiger partial charge in [0.15, 0.2) is 0 Å². The zero-order chi connectivity index (χ0) is 10.8. The molecule has 0 bridgehead atoms. The SMILES string of the molecule is CCOC(=O)c1scnc1C(C)(C)C. The van der Waals surface area contributed by atoms with Crippen LogP contribution in [0.3, 0.4) is 0 Å². The van der Waals surface area contributed by atoms with Gasteiger partial charge in [0, 0.05) is 5.41 Å². The number of esters is 1. The van der Waals surface area contributed by atoms with E-state index in [0.29, 0.717) is 11.5 Å². The summed E-state index contributed by atoms with van der Waals surface area (Å²) in [6.45, 7) is 8.30. The summed E-state index contributed by atoms with van der Waals surface area (Å²) in [4.78, 5) is 16.4. The second kappa shape index (κ2) is 4.09. The number of ether oxygens (including phenoxy) is 1. The van der Waals surface area contributed by atoms with Gasteiger partial charge in [-0.15, -0.1) is 11.3 Å². The molecule has 78 valence electrons. The van der Waals surface area contributed by atoms with Crippen LogP contribution in [-0.2, 0) is 10.2 Å². The first kappa shape index (κ1) is 11.2. The van der Waals surface area contributed by atoms with E-state index in [2.05, 4.69) is 4.98 Å². The quantitative estimate of drug-likeness (QED) is 0.709. The molecule has 1 rings (SSSR count). The molecule has 1 aromatic heterocycles. The van der Waals surface area contributed by atoms with Gasteiger partial charge in [0.05, 0.1) is 17.8 Å². The van der Waals surface area contributed by atoms with Crippen molar-refractivity contribution < 1.29 is 9.53 Å². The van der Waals surface area contributed by atoms with Crippen molar-refractivity contribution in [3.8, 4) is 0 Å². The van der Waals surface area contributed by atoms with Crippen LogP contribution in [0, 0.1) is 0 Å². The number of hydrogen-bond donors (Lipinski definition) is 0. The van der Waals surface area contributed by atoms with Crippen molar-refractivity contribution in [2.24, 2.45) is 0 Å². The molecular weight excluding hydrogens is 198 g/mol. The van der Waals surface area contributed by atoms with E-state index in [1.807, 2.05) is 20.8 Å². The van der Waals surface area contributed by atoms with Crippen molar-refractivity contribution >= 4 is 17.3 Å². The first-order valence-electron chi connectivity index (χ1n) is 4.58. The molecule has 0 amide bonds. The fraction of sp³-hybridized carbons (Fsp3) is 0.600. The first-order chi connectivity index (χ1) is 6.46. The van der Waals surface area contributed by atoms with Crippen molar-refractivity contribution in [2.45, 2.75) is 33.1 Å². The lowest BCUT2D eigenvalue weighted by Crippen LogP contribution is -2.17. The molecule has 0 aliphatic rings. The Morgan fingerprint density at radius 2 is 2.21 bits per heavy atom. The van der Waals surface area contributed by atoms with E-state index in [-0.39, 0.29) is 11.4 Å². The molecule has 0 aliphatic heterocycles. The van der Waals surface area contributed by atoms with Crippen LogP contribution in [-0.4, -0.2) is 17.6 Å². The monoisotopic (exact) mass is 213 g/mol. The van der Waals surface area contributed by atoms with Gasteiger partial charge in [-0.3, -0.25) is 0 Å². The van der Waals surface area contributed by atoms with Crippen molar-refractivity contribution in [1.29, 1.82) is 0 Å². The van der Waals surface area contributed by atoms with E-state index in [0.717, 1.165) is 5.69 Å². The zero-order valence-electron chi connectivity index (χ0n) is 8.96. The lowest BCUT2D eigenvalue weighted by Gasteiger charge is -2.16. The molecule has 0 unspecified atom stereocenters. The largest absolute Gasteiger partial charge is 0.462 e. The van der Waals surface area contributed by atoms with Crippen LogP contribution in [0.15, 0.2) is 5.51 Å². The van der Waals surface area contributed by atoms with Crippen molar-refractivity contribution in [1.82, 2.24) is 4.98 Å². The van der Waals surface area contributed by atoms with Gasteiger partial charge in [-0.05, 0) is 6.92 Å². The third kappa shape index (κ3) is 2.32. The summed E-state index contributed by atoms with van der Waals surface area (Å²) in [6.07, 6.45) is 0. The molecule has 1 aromatic rings. The van der Waals surface area contributed by atoms with E-state index >= 15 is 0 Å². The van der Waals surface area contributed by atoms with Gasteiger partial charge in [-0.2, -0.15) is 0 Å². The Bertz CT molecular complexity index is 325. The fourth-order valence-electron chi connectivity index (χ4n) is 1.12. The first-order valence-corrected chi connectivity index (χ1v) is 5.46. The summed E-state index contributed by atoms with van der Waals surface area (Å²) in [7, 11) is 0. The highest BCUT2D eigenvalue weighted by molar-refractivity contribution is 7.11. The summed E-state index contributed by atoms with van der Waals surface area (Å²) in [5.74, 6) is -0.264. The van der Waals surface area contributed by atoms with E-state index in [1.165, 1.54) is 11.3 Å². The van der Waals surface area contributed by atoms with Crippen LogP contribution >= 0.6 is 11.3 Å². The standard InChI is InChI=1S/C10H15NO2S/c1-5-13-9(12)7-8(10(2,3)4)11-6-14-7/h6H,5H2,1-4H3. The Morgan fingerprint density at radius 3 is 2.71 bits per heavy atom. The molecule has 0 radical (unpaired) electrons. The number of carbonyl (C=O) groups is 1. The molecule has 3 nitrogen and oxygen atoms in total. The molecule has 0 aliphatic carbocycles. The van der Waals surface area contributed by atoms with Gasteiger partial charge >= 0.3 is 5.97 Å². The maximum absolute atomic E-state index is 11.5. The Kier molecular flexibility index (Phi) is 3.26. The highest BCUT2D eigenvalue weighted by Gasteiger charge is 2.25. The summed E-state index contributed by atoms with van der Waals surface area (Å²) in [5, 5.41) is 0. The molecule has 1 heterocycles. The lowest BCUT2D eigenvalue weighted by molar-refractivity contribution is 0.0529. The zero-order valence-corrected chi connectivity index (χ0v) is 9.77. The van der Waals surface area contributed by atoms with E-state index < -0.39 is 0 Å². The van der Waals surface area contributed by atoms with Gasteiger partial charge < -0.3 is 4.74 Å². The molecular formula is C10H15NO2S. The fourth-order valence-corrected chi connectivity index (χ4v) is 2.01. The average molecular weight is 213 g/mol. The van der Waals surface area contributed by atoms with Crippen LogP contribution in [0.1, 0.15) is 43.1 Å². The minimum Gasteiger partial charge on any atom is -0.462 e. The second-order valence-corrected chi connectivity index (χ2v) is 4.86. The van der Waals surface area contributed by atoms with Crippen LogP contribution < -0.4 is 0 Å². The van der Waals surface area contributed by atoms with E-state index in [9.17, 15) is 4.79 Å². The smallest absolute Gasteiger partial charge is 0.350 e. The van der Waals surface area contributed by atoms with Crippen LogP contribution in [0.4, 0.5) is 0 Å². The number of hydrogen-bond acceptors (Lipinski definition) is 4. The molecule has 0 aromatic carbocycles. The summed E-state index contributed by atoms with van der Waals surface area (Å²) < 4.78 is 4.95. The predicted octanol–water partition coefficient (Wildman–Crippen LogP) is 2.62. The highest BCUT2D eigenvalue weighted by atomic mass is 32.1. The molecule has 4 heteroatoms. The summed E-state index contributed by atoms with van der Waals surface area (Å²) >= 11 is 1.34. The van der Waals surface area contributed by atoms with Gasteiger partial charge in [0.1, 0.15) is 4.88 Å². The summed E-state index contributed by atoms with van der Waals surface area (Å²) in [6, 6.07) is 0. The third-order valence-electron chi connectivity index (χ3n) is 1.74. The number of carbonyl (C=O) groups excluding carboxylic acids is 1. The van der Waals surface area contributed by atoms with E-state index in [1.54, 1.807) is 12.4 Å². The van der Waals surface area contributed by atoms with Gasteiger partial charge in [0.25, 0.3) is 0 Å². The minimum atomic E-state index is -0.264. The van der Waals surface area contributed by atoms with Crippen LogP contribution in [0.2, 0.25) is 0 Å². The van der Waals surface area contributed by atoms with Crippen molar-refractivity contribution in [3.63, 3.8) is 0 Å². The molecule has 0 fully saturated rings. The second-order valence-electron chi connectivity index (χ2n) is 4.00. The Hall–Kier alpha value is -0.900. The lowest BCUT2D eigenvalue weighted by atomic mass is 9.91. The minimum absolute atomic E-state index is 0.109. The number of thiazole rings is 1. The maximum Gasteiger partial charge on any atom is 0.350 e. The topological polar surface area (TPSA) is 39.2 Å². The molecule has 0 N–H and O–H groups in total. The Balaban J connectivity index is 2.99. The third-order valence-corrected chi connectivity index (χ3v) is 2.55. The Labute approximate surface area is 88.1 Å². The van der Waals surface area contributed by atoms with Crippen molar-refractivity contribution in [2.75, 3.05) is 6.61 Å². The van der Waals surface area contributed by atoms with Gasteiger partial charge in [-0.1, -0.05) is 20.8 Å². The average Bonchev–Trinajstić information content (AvgIpc) is 2.50. The normalized spacial score (nSPS) is 11.4. The maximum atomic E-state index is 11.5. The molecule has 0 spiro atoms. The summed E-state index contributed by atoms with van der Waals surface area (Å²) in [5.41, 5.74) is 2.40. The van der Waals surface area contributed by atoms with Crippen LogP contribution in [0.25, 0.3) is 0 Å². The van der Waals surface area contributed by atoms with Gasteiger partial charge in [0.2, 0.25) is 0 Å². The van der Waals surface area contributed by atoms with E-state index in [4.69, 9.17) is 4.74 Å². The van der Waals surface area contributed by atoms with Gasteiger partial charge in [-0.25, -0.2) is 9.78 Å². The van der Waals surface area contributed by atoms with Crippen molar-refractivity contribution in [3.05, 3.63) is 16.1 Å². The predicted molar refractivity (Wildman–Crippen MR) is 56.8 cm³/mol. The number of nitrogens with zero attached hydrogens (tertiary/aromatic N) is 1.